The number of nitrogens with zero attached hydrogens (tertiary/aromatic N) is 2. The van der Waals surface area contributed by atoms with E-state index in [0.29, 0.717) is 23.2 Å². The van der Waals surface area contributed by atoms with Crippen LogP contribution >= 0.6 is 0 Å². The zero-order valence-electron chi connectivity index (χ0n) is 20.8. The average molecular weight is 501 g/mol. The van der Waals surface area contributed by atoms with Crippen molar-refractivity contribution in [2.24, 2.45) is 0 Å². The molecule has 38 heavy (non-hydrogen) atoms. The molecule has 2 atom stereocenters. The van der Waals surface area contributed by atoms with E-state index in [1.54, 1.807) is 0 Å². The van der Waals surface area contributed by atoms with Crippen LogP contribution in [0.4, 0.5) is 8.78 Å². The quantitative estimate of drug-likeness (QED) is 0.214. The number of halogens is 2. The van der Waals surface area contributed by atoms with Crippen LogP contribution < -0.4 is 9.13 Å². The summed E-state index contributed by atoms with van der Waals surface area (Å²) in [4.78, 5) is 0. The van der Waals surface area contributed by atoms with Gasteiger partial charge in [-0.15, -0.1) is 0 Å². The lowest BCUT2D eigenvalue weighted by atomic mass is 9.78. The van der Waals surface area contributed by atoms with Gasteiger partial charge in [0.1, 0.15) is 11.6 Å². The highest BCUT2D eigenvalue weighted by Crippen LogP contribution is 2.45. The Morgan fingerprint density at radius 3 is 2.42 bits per heavy atom. The number of aryl methyl sites for hydroxylation is 1. The van der Waals surface area contributed by atoms with E-state index in [1.807, 2.05) is 47.2 Å². The van der Waals surface area contributed by atoms with Crippen LogP contribution in [0.5, 0.6) is 0 Å². The van der Waals surface area contributed by atoms with Crippen LogP contribution in [0.3, 0.4) is 0 Å². The molecule has 0 fully saturated rings. The van der Waals surface area contributed by atoms with Gasteiger partial charge in [-0.05, 0) is 60.4 Å². The second-order valence-electron chi connectivity index (χ2n) is 10.1. The highest BCUT2D eigenvalue weighted by Gasteiger charge is 2.46. The Morgan fingerprint density at radius 2 is 1.55 bits per heavy atom. The second kappa shape index (κ2) is 8.84. The first kappa shape index (κ1) is 22.7. The number of pyridine rings is 2. The fraction of sp³-hybridized carbons (Fsp3) is 0.118. The van der Waals surface area contributed by atoms with Crippen molar-refractivity contribution in [1.29, 1.82) is 0 Å². The van der Waals surface area contributed by atoms with Crippen LogP contribution in [-0.4, -0.2) is 0 Å². The van der Waals surface area contributed by atoms with Crippen molar-refractivity contribution >= 4 is 5.70 Å². The Balaban J connectivity index is 1.53. The number of aromatic nitrogens is 2. The van der Waals surface area contributed by atoms with Crippen molar-refractivity contribution in [3.63, 3.8) is 0 Å². The summed E-state index contributed by atoms with van der Waals surface area (Å²) in [5, 5.41) is 0. The van der Waals surface area contributed by atoms with Crippen molar-refractivity contribution in [2.45, 2.75) is 24.8 Å². The van der Waals surface area contributed by atoms with E-state index in [-0.39, 0.29) is 12.0 Å². The molecule has 0 aliphatic carbocycles. The van der Waals surface area contributed by atoms with Gasteiger partial charge in [-0.2, -0.15) is 9.13 Å². The third kappa shape index (κ3) is 3.52. The molecule has 2 aliphatic rings. The number of benzene rings is 3. The van der Waals surface area contributed by atoms with Gasteiger partial charge in [0.05, 0.1) is 11.5 Å². The molecule has 0 saturated carbocycles. The number of hydrogen-bond acceptors (Lipinski definition) is 0. The van der Waals surface area contributed by atoms with E-state index in [4.69, 9.17) is 0 Å². The van der Waals surface area contributed by atoms with Crippen LogP contribution in [-0.2, 0) is 6.42 Å². The van der Waals surface area contributed by atoms with Gasteiger partial charge in [-0.25, -0.2) is 8.78 Å². The molecule has 7 rings (SSSR count). The average Bonchev–Trinajstić information content (AvgIpc) is 3.00. The van der Waals surface area contributed by atoms with E-state index in [0.717, 1.165) is 35.0 Å². The summed E-state index contributed by atoms with van der Waals surface area (Å²) < 4.78 is 34.4. The van der Waals surface area contributed by atoms with Gasteiger partial charge in [0.25, 0.3) is 0 Å². The number of hydrogen-bond donors (Lipinski definition) is 0. The van der Waals surface area contributed by atoms with Crippen molar-refractivity contribution < 1.29 is 17.9 Å². The smallest absolute Gasteiger partial charge is 0.207 e. The lowest BCUT2D eigenvalue weighted by molar-refractivity contribution is -0.727. The van der Waals surface area contributed by atoms with Crippen molar-refractivity contribution in [3.8, 4) is 33.6 Å². The molecule has 2 aliphatic heterocycles. The molecule has 3 aromatic carbocycles. The molecule has 2 unspecified atom stereocenters. The highest BCUT2D eigenvalue weighted by molar-refractivity contribution is 5.69. The monoisotopic (exact) mass is 500 g/mol. The lowest BCUT2D eigenvalue weighted by Gasteiger charge is -2.29. The van der Waals surface area contributed by atoms with Gasteiger partial charge in [-0.3, -0.25) is 0 Å². The first-order chi connectivity index (χ1) is 18.6. The van der Waals surface area contributed by atoms with Gasteiger partial charge in [-0.1, -0.05) is 48.5 Å². The van der Waals surface area contributed by atoms with E-state index in [1.165, 1.54) is 17.2 Å². The lowest BCUT2D eigenvalue weighted by Crippen LogP contribution is -2.53. The van der Waals surface area contributed by atoms with E-state index in [2.05, 4.69) is 65.9 Å². The maximum Gasteiger partial charge on any atom is 0.249 e. The summed E-state index contributed by atoms with van der Waals surface area (Å²) in [5.41, 5.74) is 8.28. The Hall–Kier alpha value is -4.44. The second-order valence-corrected chi connectivity index (χ2v) is 10.1. The highest BCUT2D eigenvalue weighted by atomic mass is 19.1. The van der Waals surface area contributed by atoms with Gasteiger partial charge < -0.3 is 0 Å². The van der Waals surface area contributed by atoms with Gasteiger partial charge in [0, 0.05) is 35.4 Å². The maximum atomic E-state index is 15.6. The largest absolute Gasteiger partial charge is 0.249 e. The van der Waals surface area contributed by atoms with Crippen LogP contribution in [0.25, 0.3) is 39.3 Å². The van der Waals surface area contributed by atoms with Crippen molar-refractivity contribution in [2.75, 3.05) is 0 Å². The predicted molar refractivity (Wildman–Crippen MR) is 145 cm³/mol. The molecule has 0 radical (unpaired) electrons. The minimum Gasteiger partial charge on any atom is -0.207 e. The minimum atomic E-state index is -0.549. The minimum absolute atomic E-state index is 0.0802. The normalized spacial score (nSPS) is 17.6. The van der Waals surface area contributed by atoms with Crippen LogP contribution in [0.1, 0.15) is 29.5 Å². The number of allylic oxidation sites excluding steroid dienone is 1. The summed E-state index contributed by atoms with van der Waals surface area (Å²) in [7, 11) is 0. The zero-order chi connectivity index (χ0) is 25.8. The topological polar surface area (TPSA) is 7.76 Å². The maximum absolute atomic E-state index is 15.6. The van der Waals surface area contributed by atoms with Gasteiger partial charge in [0.15, 0.2) is 12.4 Å². The van der Waals surface area contributed by atoms with E-state index in [9.17, 15) is 4.39 Å². The van der Waals surface area contributed by atoms with E-state index >= 15 is 4.39 Å². The van der Waals surface area contributed by atoms with E-state index < -0.39 is 11.6 Å². The standard InChI is InChI=1S/C34H26F2N2/c1-22-34-29(27-11-5-6-12-28(27)31-13-7-8-18-37(31)34)16-14-24-19-26(35)20-30(36)33(24)32-17-15-25(21-38(22)32)23-9-3-2-4-10-23/h2-13,15,17-21,29,34H,1,14,16H2/q+2. The Labute approximate surface area is 220 Å². The van der Waals surface area contributed by atoms with Gasteiger partial charge in [0.2, 0.25) is 23.1 Å². The summed E-state index contributed by atoms with van der Waals surface area (Å²) in [6.45, 7) is 4.66. The summed E-state index contributed by atoms with van der Waals surface area (Å²) in [6.07, 6.45) is 5.44. The molecule has 0 N–H and O–H groups in total. The summed E-state index contributed by atoms with van der Waals surface area (Å²) in [6, 6.07) is 31.2. The molecule has 4 heteroatoms. The molecule has 2 nitrogen and oxygen atoms in total. The molecule has 0 spiro atoms. The fourth-order valence-corrected chi connectivity index (χ4v) is 6.36. The van der Waals surface area contributed by atoms with Crippen molar-refractivity contribution in [3.05, 3.63) is 139 Å². The summed E-state index contributed by atoms with van der Waals surface area (Å²) in [5.74, 6) is -1.02. The molecule has 4 heterocycles. The predicted octanol–water partition coefficient (Wildman–Crippen LogP) is 7.30. The first-order valence-electron chi connectivity index (χ1n) is 13.0. The molecular weight excluding hydrogens is 474 g/mol. The number of fused-ring (bicyclic) bond motifs is 9. The molecule has 2 aromatic heterocycles. The fourth-order valence-electron chi connectivity index (χ4n) is 6.36. The van der Waals surface area contributed by atoms with Crippen LogP contribution in [0, 0.1) is 11.6 Å². The number of rotatable bonds is 1. The Bertz CT molecular complexity index is 1720. The SMILES string of the molecule is C=C1C2C(CCc3cc(F)cc(F)c3-c3ccc(-c4ccccc4)c[n+]31)c1ccccc1-c1cccc[n+]12. The van der Waals surface area contributed by atoms with Crippen LogP contribution in [0.15, 0.2) is 116 Å². The van der Waals surface area contributed by atoms with Crippen LogP contribution in [0.2, 0.25) is 0 Å². The third-order valence-corrected chi connectivity index (χ3v) is 8.03. The molecule has 0 saturated heterocycles. The molecule has 184 valence electrons. The molecule has 5 aromatic rings. The Morgan fingerprint density at radius 1 is 0.763 bits per heavy atom. The van der Waals surface area contributed by atoms with Gasteiger partial charge >= 0.3 is 0 Å². The molecule has 0 amide bonds. The molecule has 0 bridgehead atoms. The Kier molecular flexibility index (Phi) is 5.29. The molecular formula is C34H26F2N2+2. The van der Waals surface area contributed by atoms with Crippen molar-refractivity contribution in [1.82, 2.24) is 0 Å². The summed E-state index contributed by atoms with van der Waals surface area (Å²) >= 11 is 0. The first-order valence-corrected chi connectivity index (χ1v) is 13.0. The zero-order valence-corrected chi connectivity index (χ0v) is 20.8. The third-order valence-electron chi connectivity index (χ3n) is 8.03.